The molecule has 0 saturated carbocycles. The highest BCUT2D eigenvalue weighted by molar-refractivity contribution is 6.78. The van der Waals surface area contributed by atoms with Crippen LogP contribution < -0.4 is 16.2 Å². The van der Waals surface area contributed by atoms with Crippen molar-refractivity contribution in [2.75, 3.05) is 6.61 Å². The lowest BCUT2D eigenvalue weighted by Crippen LogP contribution is -2.45. The number of hydrogen-bond acceptors (Lipinski definition) is 4. The minimum Gasteiger partial charge on any atom is -0.464 e. The zero-order valence-electron chi connectivity index (χ0n) is 17.0. The highest BCUT2D eigenvalue weighted by atomic mass is 35.5. The van der Waals surface area contributed by atoms with Gasteiger partial charge in [0.2, 0.25) is 5.91 Å². The lowest BCUT2D eigenvalue weighted by atomic mass is 9.56. The molecule has 2 rings (SSSR count). The number of rotatable bonds is 9. The molecule has 154 valence electrons. The maximum Gasteiger partial charge on any atom is 0.358 e. The molecule has 0 bridgehead atoms. The van der Waals surface area contributed by atoms with Gasteiger partial charge in [-0.25, -0.2) is 4.79 Å². The van der Waals surface area contributed by atoms with Gasteiger partial charge in [0.1, 0.15) is 6.04 Å². The Balaban J connectivity index is 1.91. The molecule has 29 heavy (non-hydrogen) atoms. The van der Waals surface area contributed by atoms with Crippen molar-refractivity contribution in [3.63, 3.8) is 0 Å². The fourth-order valence-corrected chi connectivity index (χ4v) is 3.06. The van der Waals surface area contributed by atoms with Crippen LogP contribution in [-0.4, -0.2) is 36.5 Å². The second kappa shape index (κ2) is 11.0. The number of aryl methyl sites for hydroxylation is 1. The Bertz CT molecular complexity index is 809. The summed E-state index contributed by atoms with van der Waals surface area (Å²) in [5, 5.41) is 13.9. The molecule has 0 saturated heterocycles. The smallest absolute Gasteiger partial charge is 0.358 e. The molecule has 7 heteroatoms. The second-order valence-corrected chi connectivity index (χ2v) is 7.67. The van der Waals surface area contributed by atoms with Gasteiger partial charge in [-0.3, -0.25) is 4.79 Å². The summed E-state index contributed by atoms with van der Waals surface area (Å²) in [7, 11) is 0. The van der Waals surface area contributed by atoms with Gasteiger partial charge in [0.05, 0.1) is 6.61 Å². The molecule has 1 unspecified atom stereocenters. The summed E-state index contributed by atoms with van der Waals surface area (Å²) >= 11 is 5.89. The molecule has 1 atom stereocenters. The molecule has 0 fully saturated rings. The predicted octanol–water partition coefficient (Wildman–Crippen LogP) is 2.07. The summed E-state index contributed by atoms with van der Waals surface area (Å²) in [6.45, 7) is 5.02. The van der Waals surface area contributed by atoms with Crippen LogP contribution in [0.3, 0.4) is 0 Å². The average molecular weight is 416 g/mol. The lowest BCUT2D eigenvalue weighted by Gasteiger charge is -2.20. The Kier molecular flexibility index (Phi) is 8.74. The summed E-state index contributed by atoms with van der Waals surface area (Å²) in [6.07, 6.45) is 0.804. The van der Waals surface area contributed by atoms with Crippen LogP contribution in [0.5, 0.6) is 0 Å². The van der Waals surface area contributed by atoms with E-state index in [0.717, 1.165) is 16.5 Å². The van der Waals surface area contributed by atoms with Gasteiger partial charge >= 0.3 is 12.9 Å². The summed E-state index contributed by atoms with van der Waals surface area (Å²) in [4.78, 5) is 24.2. The highest BCUT2D eigenvalue weighted by Gasteiger charge is 2.25. The van der Waals surface area contributed by atoms with Gasteiger partial charge in [-0.05, 0) is 47.9 Å². The van der Waals surface area contributed by atoms with Crippen LogP contribution in [0.1, 0.15) is 32.8 Å². The van der Waals surface area contributed by atoms with E-state index in [9.17, 15) is 14.6 Å². The Labute approximate surface area is 177 Å². The van der Waals surface area contributed by atoms with Gasteiger partial charge in [-0.2, -0.15) is 0 Å². The maximum absolute atomic E-state index is 12.3. The van der Waals surface area contributed by atoms with Crippen LogP contribution >= 0.6 is 11.6 Å². The van der Waals surface area contributed by atoms with Gasteiger partial charge in [-0.15, -0.1) is 0 Å². The first-order valence-corrected chi connectivity index (χ1v) is 10.2. The van der Waals surface area contributed by atoms with Crippen molar-refractivity contribution in [2.45, 2.75) is 39.7 Å². The third-order valence-corrected chi connectivity index (χ3v) is 4.90. The van der Waals surface area contributed by atoms with Crippen molar-refractivity contribution in [2.24, 2.45) is 5.92 Å². The van der Waals surface area contributed by atoms with Gasteiger partial charge in [0.25, 0.3) is 0 Å². The van der Waals surface area contributed by atoms with E-state index in [1.807, 2.05) is 38.1 Å². The van der Waals surface area contributed by atoms with E-state index in [2.05, 4.69) is 5.32 Å². The van der Waals surface area contributed by atoms with Gasteiger partial charge in [0.15, 0.2) is 0 Å². The molecule has 0 aliphatic heterocycles. The molecule has 1 amide bonds. The van der Waals surface area contributed by atoms with Crippen molar-refractivity contribution < 1.29 is 19.3 Å². The molecule has 2 aromatic rings. The molecular weight excluding hydrogens is 389 g/mol. The standard InChI is InChI=1S/C22H27BClNO4/c1-4-29-22(27)21(15(2)3)25-20(26)14-7-16-5-8-17(9-6-16)23(28)18-10-12-19(24)13-11-18/h5-6,8-13,15,21,28H,4,7,14H2,1-3H3,(H,25,26). The summed E-state index contributed by atoms with van der Waals surface area (Å²) in [5.74, 6) is -0.648. The first kappa shape index (κ1) is 23.0. The second-order valence-electron chi connectivity index (χ2n) is 7.24. The average Bonchev–Trinajstić information content (AvgIpc) is 2.71. The molecule has 0 radical (unpaired) electrons. The van der Waals surface area contributed by atoms with E-state index < -0.39 is 18.9 Å². The monoisotopic (exact) mass is 415 g/mol. The minimum absolute atomic E-state index is 0.0494. The minimum atomic E-state index is -0.735. The maximum atomic E-state index is 12.3. The number of carbonyl (C=O) groups excluding carboxylic acids is 2. The SMILES string of the molecule is CCOC(=O)C(NC(=O)CCc1ccc(B(O)c2ccc(Cl)cc2)cc1)C(C)C. The van der Waals surface area contributed by atoms with Crippen LogP contribution in [0.4, 0.5) is 0 Å². The lowest BCUT2D eigenvalue weighted by molar-refractivity contribution is -0.148. The number of carbonyl (C=O) groups is 2. The zero-order valence-corrected chi connectivity index (χ0v) is 17.8. The van der Waals surface area contributed by atoms with Crippen LogP contribution in [0.25, 0.3) is 0 Å². The number of nitrogens with one attached hydrogen (secondary N) is 1. The molecule has 0 heterocycles. The largest absolute Gasteiger partial charge is 0.464 e. The molecule has 2 aromatic carbocycles. The third-order valence-electron chi connectivity index (χ3n) is 4.65. The van der Waals surface area contributed by atoms with E-state index in [1.54, 1.807) is 31.2 Å². The molecule has 0 spiro atoms. The summed E-state index contributed by atoms with van der Waals surface area (Å²) in [5.41, 5.74) is 2.51. The van der Waals surface area contributed by atoms with Crippen molar-refractivity contribution in [3.8, 4) is 0 Å². The molecule has 0 aromatic heterocycles. The normalized spacial score (nSPS) is 11.8. The van der Waals surface area contributed by atoms with Gasteiger partial charge < -0.3 is 15.1 Å². The fourth-order valence-electron chi connectivity index (χ4n) is 2.94. The van der Waals surface area contributed by atoms with Crippen molar-refractivity contribution in [3.05, 3.63) is 59.1 Å². The van der Waals surface area contributed by atoms with Crippen molar-refractivity contribution in [1.82, 2.24) is 5.32 Å². The van der Waals surface area contributed by atoms with E-state index in [0.29, 0.717) is 11.4 Å². The Hall–Kier alpha value is -2.31. The van der Waals surface area contributed by atoms with Crippen LogP contribution in [0.15, 0.2) is 48.5 Å². The van der Waals surface area contributed by atoms with Crippen LogP contribution in [-0.2, 0) is 20.7 Å². The summed E-state index contributed by atoms with van der Waals surface area (Å²) in [6, 6.07) is 13.9. The van der Waals surface area contributed by atoms with E-state index in [-0.39, 0.29) is 24.9 Å². The molecular formula is C22H27BClNO4. The fraction of sp³-hybridized carbons (Fsp3) is 0.364. The topological polar surface area (TPSA) is 75.6 Å². The van der Waals surface area contributed by atoms with E-state index in [4.69, 9.17) is 16.3 Å². The van der Waals surface area contributed by atoms with Crippen molar-refractivity contribution in [1.29, 1.82) is 0 Å². The summed E-state index contributed by atoms with van der Waals surface area (Å²) < 4.78 is 5.02. The first-order valence-electron chi connectivity index (χ1n) is 9.80. The Morgan fingerprint density at radius 3 is 2.14 bits per heavy atom. The molecule has 0 aliphatic carbocycles. The third kappa shape index (κ3) is 6.91. The van der Waals surface area contributed by atoms with Gasteiger partial charge in [-0.1, -0.05) is 61.8 Å². The zero-order chi connectivity index (χ0) is 21.4. The van der Waals surface area contributed by atoms with Crippen molar-refractivity contribution >= 4 is 41.3 Å². The molecule has 2 N–H and O–H groups in total. The van der Waals surface area contributed by atoms with Crippen LogP contribution in [0, 0.1) is 5.92 Å². The van der Waals surface area contributed by atoms with E-state index >= 15 is 0 Å². The first-order chi connectivity index (χ1) is 13.8. The van der Waals surface area contributed by atoms with Gasteiger partial charge in [0, 0.05) is 11.4 Å². The van der Waals surface area contributed by atoms with E-state index in [1.165, 1.54) is 0 Å². The number of benzene rings is 2. The Morgan fingerprint density at radius 2 is 1.62 bits per heavy atom. The number of amides is 1. The number of hydrogen-bond donors (Lipinski definition) is 2. The number of esters is 1. The number of halogens is 1. The highest BCUT2D eigenvalue weighted by Crippen LogP contribution is 2.07. The van der Waals surface area contributed by atoms with Crippen LogP contribution in [0.2, 0.25) is 5.02 Å². The number of ether oxygens (including phenoxy) is 1. The molecule has 5 nitrogen and oxygen atoms in total. The quantitative estimate of drug-likeness (QED) is 0.486. The predicted molar refractivity (Wildman–Crippen MR) is 117 cm³/mol. The Morgan fingerprint density at radius 1 is 1.07 bits per heavy atom. The molecule has 0 aliphatic rings.